The molecule has 1 aliphatic rings. The Kier molecular flexibility index (Phi) is 3.23. The van der Waals surface area contributed by atoms with Crippen molar-refractivity contribution in [1.82, 2.24) is 15.5 Å². The molecule has 1 aliphatic heterocycles. The van der Waals surface area contributed by atoms with E-state index in [1.54, 1.807) is 6.20 Å². The van der Waals surface area contributed by atoms with E-state index in [1.165, 1.54) is 0 Å². The molecule has 2 rings (SSSR count). The molecule has 0 aliphatic carbocycles. The molecule has 0 aromatic carbocycles. The summed E-state index contributed by atoms with van der Waals surface area (Å²) in [4.78, 5) is 13.4. The molecule has 5 nitrogen and oxygen atoms in total. The molecule has 6 heteroatoms. The molecule has 1 fully saturated rings. The summed E-state index contributed by atoms with van der Waals surface area (Å²) in [6.07, 6.45) is 2.65. The normalized spacial score (nSPS) is 17.5. The number of aromatic nitrogens is 2. The van der Waals surface area contributed by atoms with Crippen molar-refractivity contribution in [2.24, 2.45) is 0 Å². The molecule has 82 valence electrons. The molecule has 1 aromatic heterocycles. The molecular formula is C9H13ClN4O. The molecule has 1 saturated heterocycles. The maximum atomic E-state index is 11.3. The first-order chi connectivity index (χ1) is 7.29. The highest BCUT2D eigenvalue weighted by molar-refractivity contribution is 6.32. The molecule has 0 radical (unpaired) electrons. The van der Waals surface area contributed by atoms with Crippen LogP contribution in [0.2, 0.25) is 5.02 Å². The largest absolute Gasteiger partial charge is 0.368 e. The highest BCUT2D eigenvalue weighted by Gasteiger charge is 2.14. The monoisotopic (exact) mass is 228 g/mol. The standard InChI is InChI=1S/C9H13ClN4O/c10-8-7(6-12-13-9(8)15)14-4-1-2-11-3-5-14/h6,11H,1-5H2,(H,13,15). The van der Waals surface area contributed by atoms with Crippen molar-refractivity contribution in [3.63, 3.8) is 0 Å². The van der Waals surface area contributed by atoms with Crippen LogP contribution in [-0.2, 0) is 0 Å². The Hall–Kier alpha value is -1.07. The number of halogens is 1. The van der Waals surface area contributed by atoms with Gasteiger partial charge in [-0.05, 0) is 13.0 Å². The van der Waals surface area contributed by atoms with Crippen molar-refractivity contribution in [2.45, 2.75) is 6.42 Å². The quantitative estimate of drug-likeness (QED) is 0.722. The van der Waals surface area contributed by atoms with Gasteiger partial charge >= 0.3 is 0 Å². The van der Waals surface area contributed by atoms with Crippen LogP contribution in [0.4, 0.5) is 5.69 Å². The van der Waals surface area contributed by atoms with Crippen molar-refractivity contribution in [2.75, 3.05) is 31.1 Å². The fourth-order valence-electron chi connectivity index (χ4n) is 1.68. The van der Waals surface area contributed by atoms with Crippen molar-refractivity contribution in [3.05, 3.63) is 21.6 Å². The summed E-state index contributed by atoms with van der Waals surface area (Å²) < 4.78 is 0. The zero-order valence-electron chi connectivity index (χ0n) is 8.29. The van der Waals surface area contributed by atoms with Crippen LogP contribution >= 0.6 is 11.6 Å². The molecule has 0 amide bonds. The molecule has 0 atom stereocenters. The van der Waals surface area contributed by atoms with Crippen molar-refractivity contribution >= 4 is 17.3 Å². The lowest BCUT2D eigenvalue weighted by Crippen LogP contribution is -2.29. The first kappa shape index (κ1) is 10.4. The number of nitrogens with one attached hydrogen (secondary N) is 2. The van der Waals surface area contributed by atoms with Crippen LogP contribution in [0.25, 0.3) is 0 Å². The average Bonchev–Trinajstić information content (AvgIpc) is 2.50. The SMILES string of the molecule is O=c1[nH]ncc(N2CCCNCC2)c1Cl. The molecule has 2 N–H and O–H groups in total. The van der Waals surface area contributed by atoms with Gasteiger partial charge in [0.25, 0.3) is 5.56 Å². The van der Waals surface area contributed by atoms with Gasteiger partial charge in [0.05, 0.1) is 11.9 Å². The highest BCUT2D eigenvalue weighted by atomic mass is 35.5. The first-order valence-electron chi connectivity index (χ1n) is 4.98. The lowest BCUT2D eigenvalue weighted by Gasteiger charge is -2.22. The van der Waals surface area contributed by atoms with E-state index in [-0.39, 0.29) is 10.6 Å². The van der Waals surface area contributed by atoms with Gasteiger partial charge in [-0.2, -0.15) is 5.10 Å². The van der Waals surface area contributed by atoms with E-state index in [2.05, 4.69) is 20.4 Å². The summed E-state index contributed by atoms with van der Waals surface area (Å²) in [5.41, 5.74) is 0.399. The van der Waals surface area contributed by atoms with Gasteiger partial charge in [0.15, 0.2) is 0 Å². The summed E-state index contributed by atoms with van der Waals surface area (Å²) in [7, 11) is 0. The number of H-pyrrole nitrogens is 1. The molecule has 0 unspecified atom stereocenters. The Balaban J connectivity index is 2.27. The molecular weight excluding hydrogens is 216 g/mol. The number of aromatic amines is 1. The predicted molar refractivity (Wildman–Crippen MR) is 59.6 cm³/mol. The predicted octanol–water partition coefficient (Wildman–Crippen LogP) is 0.223. The third-order valence-corrected chi connectivity index (χ3v) is 2.82. The molecule has 2 heterocycles. The van der Waals surface area contributed by atoms with Crippen LogP contribution in [0.1, 0.15) is 6.42 Å². The van der Waals surface area contributed by atoms with Gasteiger partial charge in [0.1, 0.15) is 5.02 Å². The summed E-state index contributed by atoms with van der Waals surface area (Å²) in [6.45, 7) is 3.66. The van der Waals surface area contributed by atoms with E-state index in [0.717, 1.165) is 38.3 Å². The smallest absolute Gasteiger partial charge is 0.285 e. The number of rotatable bonds is 1. The Labute approximate surface area is 92.4 Å². The second-order valence-corrected chi connectivity index (χ2v) is 3.87. The Morgan fingerprint density at radius 2 is 2.27 bits per heavy atom. The maximum Gasteiger partial charge on any atom is 0.285 e. The van der Waals surface area contributed by atoms with Crippen molar-refractivity contribution < 1.29 is 0 Å². The molecule has 15 heavy (non-hydrogen) atoms. The number of anilines is 1. The van der Waals surface area contributed by atoms with Gasteiger partial charge in [0, 0.05) is 19.6 Å². The molecule has 1 aromatic rings. The van der Waals surface area contributed by atoms with Crippen LogP contribution in [0, 0.1) is 0 Å². The Bertz CT molecular complexity index is 384. The number of nitrogens with zero attached hydrogens (tertiary/aromatic N) is 2. The number of hydrogen-bond acceptors (Lipinski definition) is 4. The van der Waals surface area contributed by atoms with Gasteiger partial charge in [-0.3, -0.25) is 4.79 Å². The molecule has 0 bridgehead atoms. The lowest BCUT2D eigenvalue weighted by molar-refractivity contribution is 0.724. The number of hydrogen-bond donors (Lipinski definition) is 2. The minimum Gasteiger partial charge on any atom is -0.368 e. The first-order valence-corrected chi connectivity index (χ1v) is 5.35. The Morgan fingerprint density at radius 1 is 1.40 bits per heavy atom. The zero-order chi connectivity index (χ0) is 10.7. The Morgan fingerprint density at radius 3 is 3.13 bits per heavy atom. The van der Waals surface area contributed by atoms with Crippen LogP contribution in [-0.4, -0.2) is 36.4 Å². The van der Waals surface area contributed by atoms with Gasteiger partial charge in [-0.15, -0.1) is 0 Å². The zero-order valence-corrected chi connectivity index (χ0v) is 9.05. The van der Waals surface area contributed by atoms with Gasteiger partial charge in [-0.1, -0.05) is 11.6 Å². The summed E-state index contributed by atoms with van der Waals surface area (Å²) in [5.74, 6) is 0. The fraction of sp³-hybridized carbons (Fsp3) is 0.556. The highest BCUT2D eigenvalue weighted by Crippen LogP contribution is 2.20. The maximum absolute atomic E-state index is 11.3. The van der Waals surface area contributed by atoms with Crippen molar-refractivity contribution in [1.29, 1.82) is 0 Å². The van der Waals surface area contributed by atoms with Crippen LogP contribution in [0.5, 0.6) is 0 Å². The van der Waals surface area contributed by atoms with E-state index >= 15 is 0 Å². The topological polar surface area (TPSA) is 61.0 Å². The van der Waals surface area contributed by atoms with Crippen LogP contribution in [0.3, 0.4) is 0 Å². The molecule has 0 saturated carbocycles. The third-order valence-electron chi connectivity index (χ3n) is 2.46. The third kappa shape index (κ3) is 2.30. The van der Waals surface area contributed by atoms with E-state index in [4.69, 9.17) is 11.6 Å². The second-order valence-electron chi connectivity index (χ2n) is 3.49. The molecule has 0 spiro atoms. The van der Waals surface area contributed by atoms with Gasteiger partial charge < -0.3 is 10.2 Å². The summed E-state index contributed by atoms with van der Waals surface area (Å²) >= 11 is 5.93. The van der Waals surface area contributed by atoms with E-state index in [0.29, 0.717) is 0 Å². The minimum atomic E-state index is -0.327. The lowest BCUT2D eigenvalue weighted by atomic mass is 10.3. The van der Waals surface area contributed by atoms with Crippen LogP contribution < -0.4 is 15.8 Å². The average molecular weight is 229 g/mol. The summed E-state index contributed by atoms with van der Waals surface area (Å²) in [6, 6.07) is 0. The summed E-state index contributed by atoms with van der Waals surface area (Å²) in [5, 5.41) is 9.60. The van der Waals surface area contributed by atoms with Gasteiger partial charge in [0.2, 0.25) is 0 Å². The van der Waals surface area contributed by atoms with E-state index in [9.17, 15) is 4.79 Å². The van der Waals surface area contributed by atoms with E-state index < -0.39 is 0 Å². The fourth-order valence-corrected chi connectivity index (χ4v) is 1.89. The second kappa shape index (κ2) is 4.63. The van der Waals surface area contributed by atoms with Gasteiger partial charge in [-0.25, -0.2) is 5.10 Å². The van der Waals surface area contributed by atoms with E-state index in [1.807, 2.05) is 0 Å². The minimum absolute atomic E-state index is 0.229. The van der Waals surface area contributed by atoms with Crippen molar-refractivity contribution in [3.8, 4) is 0 Å². The van der Waals surface area contributed by atoms with Crippen LogP contribution in [0.15, 0.2) is 11.0 Å².